The van der Waals surface area contributed by atoms with Gasteiger partial charge in [0.1, 0.15) is 0 Å². The van der Waals surface area contributed by atoms with Crippen LogP contribution in [0.3, 0.4) is 0 Å². The lowest BCUT2D eigenvalue weighted by atomic mass is 10.2. The van der Waals surface area contributed by atoms with Crippen molar-refractivity contribution >= 4 is 17.8 Å². The first kappa shape index (κ1) is 19.6. The summed E-state index contributed by atoms with van der Waals surface area (Å²) in [5.74, 6) is -0.146. The quantitative estimate of drug-likeness (QED) is 0.295. The molecule has 152 valence electrons. The summed E-state index contributed by atoms with van der Waals surface area (Å²) in [5, 5.41) is 19.1. The predicted molar refractivity (Wildman–Crippen MR) is 115 cm³/mol. The van der Waals surface area contributed by atoms with E-state index in [1.54, 1.807) is 10.7 Å². The molecule has 0 unspecified atom stereocenters. The van der Waals surface area contributed by atoms with Crippen LogP contribution in [0.4, 0.5) is 5.69 Å². The molecular weight excluding hydrogens is 396 g/mol. The molecule has 1 N–H and O–H groups in total. The van der Waals surface area contributed by atoms with Crippen LogP contribution in [0.1, 0.15) is 16.2 Å². The fourth-order valence-corrected chi connectivity index (χ4v) is 2.87. The van der Waals surface area contributed by atoms with E-state index in [0.29, 0.717) is 11.4 Å². The Morgan fingerprint density at radius 3 is 2.42 bits per heavy atom. The number of nitrogens with one attached hydrogen (secondary N) is 1. The standard InChI is InChI=1S/C22H16N6O3/c29-22(25-23-15-16-8-7-13-19(14-16)28(30)31)20-24-21(17-9-3-1-4-10-17)27(26-20)18-11-5-2-6-12-18/h1-15H,(H,25,29)/b23-15+. The SMILES string of the molecule is O=C(N/N=C/c1cccc([N+](=O)[O-])c1)c1nc(-c2ccccc2)n(-c2ccccc2)n1. The van der Waals surface area contributed by atoms with Crippen LogP contribution in [0, 0.1) is 10.1 Å². The molecule has 4 aromatic rings. The highest BCUT2D eigenvalue weighted by Crippen LogP contribution is 2.21. The zero-order chi connectivity index (χ0) is 21.6. The van der Waals surface area contributed by atoms with Crippen molar-refractivity contribution < 1.29 is 9.72 Å². The van der Waals surface area contributed by atoms with Crippen molar-refractivity contribution in [3.8, 4) is 17.1 Å². The molecule has 0 bridgehead atoms. The number of hydrogen-bond acceptors (Lipinski definition) is 6. The number of benzene rings is 3. The van der Waals surface area contributed by atoms with E-state index in [4.69, 9.17) is 0 Å². The van der Waals surface area contributed by atoms with E-state index in [1.165, 1.54) is 24.4 Å². The monoisotopic (exact) mass is 412 g/mol. The molecule has 1 amide bonds. The van der Waals surface area contributed by atoms with Gasteiger partial charge in [0.25, 0.3) is 5.69 Å². The van der Waals surface area contributed by atoms with Crippen LogP contribution in [0.5, 0.6) is 0 Å². The number of non-ortho nitro benzene ring substituents is 1. The minimum absolute atomic E-state index is 0.0566. The number of carbonyl (C=O) groups is 1. The predicted octanol–water partition coefficient (Wildman–Crippen LogP) is 3.61. The van der Waals surface area contributed by atoms with Crippen molar-refractivity contribution in [3.63, 3.8) is 0 Å². The third-order valence-corrected chi connectivity index (χ3v) is 4.30. The maximum Gasteiger partial charge on any atom is 0.311 e. The van der Waals surface area contributed by atoms with Crippen LogP contribution in [-0.4, -0.2) is 31.8 Å². The first-order valence-corrected chi connectivity index (χ1v) is 9.27. The van der Waals surface area contributed by atoms with Crippen LogP contribution >= 0.6 is 0 Å². The molecule has 1 aromatic heterocycles. The van der Waals surface area contributed by atoms with Crippen LogP contribution < -0.4 is 5.43 Å². The average Bonchev–Trinajstić information content (AvgIpc) is 3.26. The number of carbonyl (C=O) groups excluding carboxylic acids is 1. The zero-order valence-corrected chi connectivity index (χ0v) is 16.1. The zero-order valence-electron chi connectivity index (χ0n) is 16.1. The van der Waals surface area contributed by atoms with E-state index >= 15 is 0 Å². The van der Waals surface area contributed by atoms with Gasteiger partial charge in [-0.25, -0.2) is 15.1 Å². The van der Waals surface area contributed by atoms with E-state index in [0.717, 1.165) is 11.3 Å². The van der Waals surface area contributed by atoms with Crippen molar-refractivity contribution in [1.29, 1.82) is 0 Å². The van der Waals surface area contributed by atoms with Gasteiger partial charge in [-0.05, 0) is 12.1 Å². The largest absolute Gasteiger partial charge is 0.311 e. The molecule has 0 aliphatic heterocycles. The summed E-state index contributed by atoms with van der Waals surface area (Å²) in [6.07, 6.45) is 1.32. The molecule has 0 aliphatic carbocycles. The summed E-state index contributed by atoms with van der Waals surface area (Å²) in [6.45, 7) is 0. The number of hydrogen-bond donors (Lipinski definition) is 1. The lowest BCUT2D eigenvalue weighted by molar-refractivity contribution is -0.384. The second kappa shape index (κ2) is 8.78. The number of nitrogens with zero attached hydrogens (tertiary/aromatic N) is 5. The molecule has 0 saturated carbocycles. The molecule has 4 rings (SSSR count). The van der Waals surface area contributed by atoms with Gasteiger partial charge in [0, 0.05) is 23.3 Å². The summed E-state index contributed by atoms with van der Waals surface area (Å²) in [6, 6.07) is 24.7. The summed E-state index contributed by atoms with van der Waals surface area (Å²) in [5.41, 5.74) is 4.33. The van der Waals surface area contributed by atoms with Crippen LogP contribution in [0.25, 0.3) is 17.1 Å². The Morgan fingerprint density at radius 2 is 1.71 bits per heavy atom. The number of nitro benzene ring substituents is 1. The summed E-state index contributed by atoms with van der Waals surface area (Å²) in [7, 11) is 0. The van der Waals surface area contributed by atoms with Crippen molar-refractivity contribution in [2.24, 2.45) is 5.10 Å². The smallest absolute Gasteiger partial charge is 0.264 e. The van der Waals surface area contributed by atoms with Gasteiger partial charge in [-0.1, -0.05) is 60.7 Å². The first-order chi connectivity index (χ1) is 15.1. The Morgan fingerprint density at radius 1 is 1.00 bits per heavy atom. The molecule has 0 saturated heterocycles. The van der Waals surface area contributed by atoms with Gasteiger partial charge in [-0.2, -0.15) is 5.10 Å². The van der Waals surface area contributed by atoms with Crippen LogP contribution in [0.2, 0.25) is 0 Å². The number of rotatable bonds is 6. The van der Waals surface area contributed by atoms with Gasteiger partial charge in [0.05, 0.1) is 16.8 Å². The second-order valence-corrected chi connectivity index (χ2v) is 6.42. The lowest BCUT2D eigenvalue weighted by Gasteiger charge is -2.05. The molecule has 9 heteroatoms. The third kappa shape index (κ3) is 4.51. The molecule has 0 aliphatic rings. The first-order valence-electron chi connectivity index (χ1n) is 9.27. The Kier molecular flexibility index (Phi) is 5.57. The van der Waals surface area contributed by atoms with Crippen LogP contribution in [0.15, 0.2) is 90.0 Å². The van der Waals surface area contributed by atoms with Gasteiger partial charge in [0.2, 0.25) is 5.82 Å². The second-order valence-electron chi connectivity index (χ2n) is 6.42. The van der Waals surface area contributed by atoms with E-state index < -0.39 is 10.8 Å². The van der Waals surface area contributed by atoms with Crippen LogP contribution in [-0.2, 0) is 0 Å². The van der Waals surface area contributed by atoms with Crippen molar-refractivity contribution in [3.05, 3.63) is 106 Å². The molecule has 0 radical (unpaired) electrons. The molecule has 9 nitrogen and oxygen atoms in total. The number of para-hydroxylation sites is 1. The van der Waals surface area contributed by atoms with E-state index in [-0.39, 0.29) is 11.5 Å². The summed E-state index contributed by atoms with van der Waals surface area (Å²) >= 11 is 0. The van der Waals surface area contributed by atoms with Gasteiger partial charge in [0.15, 0.2) is 5.82 Å². The molecule has 0 fully saturated rings. The number of aromatic nitrogens is 3. The van der Waals surface area contributed by atoms with E-state index in [1.807, 2.05) is 60.7 Å². The van der Waals surface area contributed by atoms with Crippen molar-refractivity contribution in [2.75, 3.05) is 0 Å². The Hall–Kier alpha value is -4.66. The molecule has 0 spiro atoms. The highest BCUT2D eigenvalue weighted by molar-refractivity contribution is 5.92. The third-order valence-electron chi connectivity index (χ3n) is 4.30. The Bertz CT molecular complexity index is 1200. The average molecular weight is 412 g/mol. The molecular formula is C22H16N6O3. The maximum absolute atomic E-state index is 12.6. The van der Waals surface area contributed by atoms with Crippen molar-refractivity contribution in [1.82, 2.24) is 20.2 Å². The van der Waals surface area contributed by atoms with Gasteiger partial charge >= 0.3 is 5.91 Å². The van der Waals surface area contributed by atoms with Gasteiger partial charge in [-0.3, -0.25) is 14.9 Å². The van der Waals surface area contributed by atoms with Gasteiger partial charge < -0.3 is 0 Å². The molecule has 0 atom stereocenters. The number of amides is 1. The highest BCUT2D eigenvalue weighted by Gasteiger charge is 2.18. The highest BCUT2D eigenvalue weighted by atomic mass is 16.6. The van der Waals surface area contributed by atoms with Gasteiger partial charge in [-0.15, -0.1) is 5.10 Å². The number of nitro groups is 1. The fourth-order valence-electron chi connectivity index (χ4n) is 2.87. The Labute approximate surface area is 176 Å². The van der Waals surface area contributed by atoms with E-state index in [9.17, 15) is 14.9 Å². The normalized spacial score (nSPS) is 10.8. The molecule has 31 heavy (non-hydrogen) atoms. The molecule has 1 heterocycles. The van der Waals surface area contributed by atoms with E-state index in [2.05, 4.69) is 20.6 Å². The maximum atomic E-state index is 12.6. The Balaban J connectivity index is 1.59. The lowest BCUT2D eigenvalue weighted by Crippen LogP contribution is -2.19. The summed E-state index contributed by atoms with van der Waals surface area (Å²) < 4.78 is 1.59. The molecule has 3 aromatic carbocycles. The fraction of sp³-hybridized carbons (Fsp3) is 0. The minimum atomic E-state index is -0.603. The minimum Gasteiger partial charge on any atom is -0.264 e. The summed E-state index contributed by atoms with van der Waals surface area (Å²) in [4.78, 5) is 27.3. The van der Waals surface area contributed by atoms with Crippen molar-refractivity contribution in [2.45, 2.75) is 0 Å². The number of hydrazone groups is 1. The topological polar surface area (TPSA) is 115 Å².